The lowest BCUT2D eigenvalue weighted by Gasteiger charge is -2.21. The molecule has 7 nitrogen and oxygen atoms in total. The number of nitrogens with zero attached hydrogens (tertiary/aromatic N) is 2. The molecule has 1 aromatic carbocycles. The van der Waals surface area contributed by atoms with Crippen molar-refractivity contribution in [1.82, 2.24) is 10.2 Å². The molecule has 28 heavy (non-hydrogen) atoms. The van der Waals surface area contributed by atoms with Crippen LogP contribution in [0.3, 0.4) is 0 Å². The number of hydrogen-bond acceptors (Lipinski definition) is 4. The van der Waals surface area contributed by atoms with Gasteiger partial charge < -0.3 is 10.2 Å². The summed E-state index contributed by atoms with van der Waals surface area (Å²) in [6, 6.07) is 6.70. The smallest absolute Gasteiger partial charge is 0.251 e. The number of hydrogen-bond donors (Lipinski definition) is 1. The molecule has 1 atom stereocenters. The van der Waals surface area contributed by atoms with Gasteiger partial charge in [-0.2, -0.15) is 0 Å². The topological polar surface area (TPSA) is 86.8 Å². The molecule has 1 aliphatic carbocycles. The van der Waals surface area contributed by atoms with Gasteiger partial charge in [0.25, 0.3) is 5.91 Å². The number of carbonyl (C=O) groups is 2. The van der Waals surface area contributed by atoms with Gasteiger partial charge >= 0.3 is 0 Å². The van der Waals surface area contributed by atoms with E-state index in [-0.39, 0.29) is 29.5 Å². The minimum Gasteiger partial charge on any atom is -0.347 e. The van der Waals surface area contributed by atoms with Crippen LogP contribution >= 0.6 is 0 Å². The third kappa shape index (κ3) is 3.87. The van der Waals surface area contributed by atoms with Crippen LogP contribution in [-0.4, -0.2) is 56.6 Å². The first-order chi connectivity index (χ1) is 13.4. The van der Waals surface area contributed by atoms with Gasteiger partial charge in [-0.3, -0.25) is 13.9 Å². The maximum absolute atomic E-state index is 12.7. The number of nitrogens with one attached hydrogen (secondary N) is 1. The van der Waals surface area contributed by atoms with Crippen LogP contribution in [0.25, 0.3) is 0 Å². The molecule has 2 saturated heterocycles. The molecule has 1 N–H and O–H groups in total. The lowest BCUT2D eigenvalue weighted by Crippen LogP contribution is -2.39. The van der Waals surface area contributed by atoms with E-state index >= 15 is 0 Å². The number of sulfonamides is 1. The monoisotopic (exact) mass is 405 g/mol. The normalized spacial score (nSPS) is 24.6. The third-order valence-electron chi connectivity index (χ3n) is 6.04. The molecule has 152 valence electrons. The molecule has 3 fully saturated rings. The van der Waals surface area contributed by atoms with Gasteiger partial charge in [-0.05, 0) is 43.9 Å². The fraction of sp³-hybridized carbons (Fsp3) is 0.600. The van der Waals surface area contributed by atoms with Crippen LogP contribution in [0.4, 0.5) is 5.69 Å². The second-order valence-electron chi connectivity index (χ2n) is 8.02. The molecule has 1 unspecified atom stereocenters. The lowest BCUT2D eigenvalue weighted by atomic mass is 10.1. The fourth-order valence-electron chi connectivity index (χ4n) is 4.51. The molecule has 2 aliphatic heterocycles. The van der Waals surface area contributed by atoms with Gasteiger partial charge in [0.15, 0.2) is 0 Å². The zero-order valence-corrected chi connectivity index (χ0v) is 16.8. The molecule has 3 aliphatic rings. The van der Waals surface area contributed by atoms with Crippen molar-refractivity contribution in [3.63, 3.8) is 0 Å². The van der Waals surface area contributed by atoms with E-state index in [0.29, 0.717) is 37.3 Å². The van der Waals surface area contributed by atoms with Crippen molar-refractivity contribution in [3.8, 4) is 0 Å². The van der Waals surface area contributed by atoms with Gasteiger partial charge in [0, 0.05) is 37.2 Å². The Morgan fingerprint density at radius 3 is 2.54 bits per heavy atom. The Morgan fingerprint density at radius 1 is 1.04 bits per heavy atom. The van der Waals surface area contributed by atoms with Gasteiger partial charge in [0.1, 0.15) is 0 Å². The van der Waals surface area contributed by atoms with E-state index in [1.54, 1.807) is 24.3 Å². The SMILES string of the molecule is O=C(NC1CCN(C(=O)C2CCCC2)C1)c1cccc(N2CCCS2(=O)=O)c1. The summed E-state index contributed by atoms with van der Waals surface area (Å²) >= 11 is 0. The summed E-state index contributed by atoms with van der Waals surface area (Å²) in [5, 5.41) is 3.01. The zero-order chi connectivity index (χ0) is 19.7. The van der Waals surface area contributed by atoms with Gasteiger partial charge in [0.05, 0.1) is 11.4 Å². The van der Waals surface area contributed by atoms with Crippen LogP contribution in [0.15, 0.2) is 24.3 Å². The molecule has 2 heterocycles. The number of anilines is 1. The van der Waals surface area contributed by atoms with E-state index in [9.17, 15) is 18.0 Å². The Morgan fingerprint density at radius 2 is 1.82 bits per heavy atom. The summed E-state index contributed by atoms with van der Waals surface area (Å²) in [6.07, 6.45) is 5.59. The van der Waals surface area contributed by atoms with Gasteiger partial charge in [-0.25, -0.2) is 8.42 Å². The molecule has 1 saturated carbocycles. The van der Waals surface area contributed by atoms with Gasteiger partial charge in [0.2, 0.25) is 15.9 Å². The third-order valence-corrected chi connectivity index (χ3v) is 7.90. The minimum absolute atomic E-state index is 0.0583. The second kappa shape index (κ2) is 7.73. The Balaban J connectivity index is 1.38. The van der Waals surface area contributed by atoms with Crippen molar-refractivity contribution < 1.29 is 18.0 Å². The average Bonchev–Trinajstić information content (AvgIpc) is 3.42. The van der Waals surface area contributed by atoms with Crippen LogP contribution in [0, 0.1) is 5.92 Å². The van der Waals surface area contributed by atoms with E-state index in [1.807, 2.05) is 4.90 Å². The standard InChI is InChI=1S/C20H27N3O4S/c24-19(16-7-3-8-18(13-16)23-10-4-12-28(23,26)27)21-17-9-11-22(14-17)20(25)15-5-1-2-6-15/h3,7-8,13,15,17H,1-2,4-6,9-12,14H2,(H,21,24). The van der Waals surface area contributed by atoms with Crippen molar-refractivity contribution in [3.05, 3.63) is 29.8 Å². The van der Waals surface area contributed by atoms with Gasteiger partial charge in [-0.1, -0.05) is 18.9 Å². The van der Waals surface area contributed by atoms with E-state index in [0.717, 1.165) is 32.1 Å². The fourth-order valence-corrected chi connectivity index (χ4v) is 6.07. The summed E-state index contributed by atoms with van der Waals surface area (Å²) < 4.78 is 25.6. The van der Waals surface area contributed by atoms with Crippen molar-refractivity contribution in [2.45, 2.75) is 44.6 Å². The van der Waals surface area contributed by atoms with Crippen molar-refractivity contribution in [2.75, 3.05) is 29.7 Å². The first-order valence-corrected chi connectivity index (χ1v) is 11.7. The number of amides is 2. The maximum Gasteiger partial charge on any atom is 0.251 e. The summed E-state index contributed by atoms with van der Waals surface area (Å²) in [5.74, 6) is 0.318. The number of carbonyl (C=O) groups excluding carboxylic acids is 2. The van der Waals surface area contributed by atoms with Crippen molar-refractivity contribution in [1.29, 1.82) is 0 Å². The molecular formula is C20H27N3O4S. The molecule has 4 rings (SSSR count). The highest BCUT2D eigenvalue weighted by molar-refractivity contribution is 7.93. The second-order valence-corrected chi connectivity index (χ2v) is 10.0. The zero-order valence-electron chi connectivity index (χ0n) is 16.0. The van der Waals surface area contributed by atoms with Crippen LogP contribution < -0.4 is 9.62 Å². The summed E-state index contributed by atoms with van der Waals surface area (Å²) in [6.45, 7) is 1.70. The number of rotatable bonds is 4. The lowest BCUT2D eigenvalue weighted by molar-refractivity contribution is -0.134. The summed E-state index contributed by atoms with van der Waals surface area (Å²) in [4.78, 5) is 27.1. The molecule has 0 spiro atoms. The van der Waals surface area contributed by atoms with Crippen molar-refractivity contribution >= 4 is 27.5 Å². The highest BCUT2D eigenvalue weighted by atomic mass is 32.2. The van der Waals surface area contributed by atoms with Crippen LogP contribution in [0.2, 0.25) is 0 Å². The number of likely N-dealkylation sites (tertiary alicyclic amines) is 1. The summed E-state index contributed by atoms with van der Waals surface area (Å²) in [7, 11) is -3.27. The van der Waals surface area contributed by atoms with E-state index in [4.69, 9.17) is 0 Å². The van der Waals surface area contributed by atoms with Gasteiger partial charge in [-0.15, -0.1) is 0 Å². The Labute approximate surface area is 166 Å². The van der Waals surface area contributed by atoms with E-state index in [1.165, 1.54) is 4.31 Å². The minimum atomic E-state index is -3.27. The quantitative estimate of drug-likeness (QED) is 0.827. The first-order valence-electron chi connectivity index (χ1n) is 10.1. The molecule has 1 aromatic rings. The predicted octanol–water partition coefficient (Wildman–Crippen LogP) is 1.75. The van der Waals surface area contributed by atoms with Crippen LogP contribution in [0.1, 0.15) is 48.9 Å². The molecule has 0 bridgehead atoms. The number of benzene rings is 1. The highest BCUT2D eigenvalue weighted by Crippen LogP contribution is 2.28. The molecule has 2 amide bonds. The van der Waals surface area contributed by atoms with E-state index in [2.05, 4.69) is 5.32 Å². The predicted molar refractivity (Wildman–Crippen MR) is 107 cm³/mol. The molecule has 0 radical (unpaired) electrons. The Kier molecular flexibility index (Phi) is 5.31. The Bertz CT molecular complexity index is 864. The first kappa shape index (κ1) is 19.2. The molecule has 8 heteroatoms. The Hall–Kier alpha value is -2.09. The maximum atomic E-state index is 12.7. The largest absolute Gasteiger partial charge is 0.347 e. The van der Waals surface area contributed by atoms with Crippen LogP contribution in [0.5, 0.6) is 0 Å². The highest BCUT2D eigenvalue weighted by Gasteiger charge is 2.33. The molecular weight excluding hydrogens is 378 g/mol. The summed E-state index contributed by atoms with van der Waals surface area (Å²) in [5.41, 5.74) is 0.981. The average molecular weight is 406 g/mol. The molecule has 0 aromatic heterocycles. The van der Waals surface area contributed by atoms with Crippen LogP contribution in [-0.2, 0) is 14.8 Å². The van der Waals surface area contributed by atoms with E-state index < -0.39 is 10.0 Å². The van der Waals surface area contributed by atoms with Crippen molar-refractivity contribution in [2.24, 2.45) is 5.92 Å².